The summed E-state index contributed by atoms with van der Waals surface area (Å²) in [6, 6.07) is 8.08. The molecular formula is C16H21N3O. The molecule has 1 aromatic heterocycles. The highest BCUT2D eigenvalue weighted by molar-refractivity contribution is 5.34. The molecule has 1 heterocycles. The van der Waals surface area contributed by atoms with Gasteiger partial charge in [-0.1, -0.05) is 32.9 Å². The van der Waals surface area contributed by atoms with E-state index < -0.39 is 0 Å². The van der Waals surface area contributed by atoms with Crippen molar-refractivity contribution in [2.24, 2.45) is 0 Å². The fourth-order valence-corrected chi connectivity index (χ4v) is 1.81. The van der Waals surface area contributed by atoms with E-state index in [4.69, 9.17) is 4.74 Å². The molecule has 1 N–H and O–H groups in total. The predicted octanol–water partition coefficient (Wildman–Crippen LogP) is 3.29. The van der Waals surface area contributed by atoms with Crippen molar-refractivity contribution in [1.29, 1.82) is 0 Å². The standard InChI is InChI=1S/C16H21N3O/c1-16(2,3)12-6-5-7-14(8-12)20-15-11-18-13(9-17-4)10-19-15/h5-8,10-11,17H,9H2,1-4H3. The summed E-state index contributed by atoms with van der Waals surface area (Å²) in [6.45, 7) is 7.24. The molecule has 0 spiro atoms. The maximum atomic E-state index is 5.75. The van der Waals surface area contributed by atoms with Gasteiger partial charge in [-0.05, 0) is 30.2 Å². The van der Waals surface area contributed by atoms with E-state index in [9.17, 15) is 0 Å². The third-order valence-corrected chi connectivity index (χ3v) is 2.96. The Balaban J connectivity index is 2.13. The number of ether oxygens (including phenoxy) is 1. The molecule has 0 aliphatic carbocycles. The van der Waals surface area contributed by atoms with Gasteiger partial charge < -0.3 is 10.1 Å². The van der Waals surface area contributed by atoms with Crippen molar-refractivity contribution in [3.05, 3.63) is 47.9 Å². The minimum Gasteiger partial charge on any atom is -0.437 e. The van der Waals surface area contributed by atoms with E-state index in [1.165, 1.54) is 5.56 Å². The molecule has 2 rings (SSSR count). The zero-order valence-electron chi connectivity index (χ0n) is 12.5. The molecule has 20 heavy (non-hydrogen) atoms. The van der Waals surface area contributed by atoms with Gasteiger partial charge in [0.1, 0.15) is 5.75 Å². The third-order valence-electron chi connectivity index (χ3n) is 2.96. The summed E-state index contributed by atoms with van der Waals surface area (Å²) in [5.41, 5.74) is 2.22. The molecule has 0 fully saturated rings. The van der Waals surface area contributed by atoms with Crippen LogP contribution in [0.4, 0.5) is 0 Å². The molecule has 106 valence electrons. The van der Waals surface area contributed by atoms with Gasteiger partial charge >= 0.3 is 0 Å². The molecular weight excluding hydrogens is 250 g/mol. The van der Waals surface area contributed by atoms with Gasteiger partial charge in [-0.3, -0.25) is 4.98 Å². The first-order valence-electron chi connectivity index (χ1n) is 6.73. The van der Waals surface area contributed by atoms with E-state index in [-0.39, 0.29) is 5.41 Å². The lowest BCUT2D eigenvalue weighted by atomic mass is 9.87. The SMILES string of the molecule is CNCc1cnc(Oc2cccc(C(C)(C)C)c2)cn1. The Kier molecular flexibility index (Phi) is 4.35. The monoisotopic (exact) mass is 271 g/mol. The Hall–Kier alpha value is -1.94. The number of hydrogen-bond donors (Lipinski definition) is 1. The summed E-state index contributed by atoms with van der Waals surface area (Å²) in [4.78, 5) is 8.55. The molecule has 0 bridgehead atoms. The first-order valence-corrected chi connectivity index (χ1v) is 6.73. The number of hydrogen-bond acceptors (Lipinski definition) is 4. The van der Waals surface area contributed by atoms with Crippen molar-refractivity contribution < 1.29 is 4.74 Å². The van der Waals surface area contributed by atoms with Crippen LogP contribution in [0, 0.1) is 0 Å². The van der Waals surface area contributed by atoms with E-state index in [1.807, 2.05) is 25.2 Å². The van der Waals surface area contributed by atoms with Crippen LogP contribution in [-0.4, -0.2) is 17.0 Å². The van der Waals surface area contributed by atoms with Gasteiger partial charge in [0, 0.05) is 6.54 Å². The first-order chi connectivity index (χ1) is 9.49. The minimum absolute atomic E-state index is 0.0989. The zero-order chi connectivity index (χ0) is 14.6. The van der Waals surface area contributed by atoms with Crippen molar-refractivity contribution in [2.75, 3.05) is 7.05 Å². The Labute approximate surface area is 120 Å². The quantitative estimate of drug-likeness (QED) is 0.927. The van der Waals surface area contributed by atoms with Crippen LogP contribution in [0.15, 0.2) is 36.7 Å². The van der Waals surface area contributed by atoms with Crippen molar-refractivity contribution in [1.82, 2.24) is 15.3 Å². The molecule has 4 nitrogen and oxygen atoms in total. The van der Waals surface area contributed by atoms with E-state index >= 15 is 0 Å². The highest BCUT2D eigenvalue weighted by atomic mass is 16.5. The van der Waals surface area contributed by atoms with Gasteiger partial charge in [-0.2, -0.15) is 0 Å². The molecule has 0 radical (unpaired) electrons. The summed E-state index contributed by atoms with van der Waals surface area (Å²) in [5, 5.41) is 3.03. The van der Waals surface area contributed by atoms with Crippen LogP contribution in [0.25, 0.3) is 0 Å². The molecule has 0 saturated carbocycles. The van der Waals surface area contributed by atoms with E-state index in [2.05, 4.69) is 42.1 Å². The minimum atomic E-state index is 0.0989. The lowest BCUT2D eigenvalue weighted by Crippen LogP contribution is -2.10. The second-order valence-electron chi connectivity index (χ2n) is 5.76. The van der Waals surface area contributed by atoms with Gasteiger partial charge in [0.2, 0.25) is 5.88 Å². The fourth-order valence-electron chi connectivity index (χ4n) is 1.81. The Morgan fingerprint density at radius 2 is 1.95 bits per heavy atom. The van der Waals surface area contributed by atoms with Gasteiger partial charge in [0.05, 0.1) is 18.1 Å². The number of nitrogens with zero attached hydrogens (tertiary/aromatic N) is 2. The molecule has 0 unspecified atom stereocenters. The highest BCUT2D eigenvalue weighted by Crippen LogP contribution is 2.27. The molecule has 1 aromatic carbocycles. The fraction of sp³-hybridized carbons (Fsp3) is 0.375. The molecule has 0 saturated heterocycles. The van der Waals surface area contributed by atoms with Crippen LogP contribution in [0.2, 0.25) is 0 Å². The van der Waals surface area contributed by atoms with Crippen LogP contribution in [0.5, 0.6) is 11.6 Å². The molecule has 0 atom stereocenters. The summed E-state index contributed by atoms with van der Waals surface area (Å²) >= 11 is 0. The average Bonchev–Trinajstić information content (AvgIpc) is 2.41. The number of aromatic nitrogens is 2. The number of nitrogens with one attached hydrogen (secondary N) is 1. The smallest absolute Gasteiger partial charge is 0.237 e. The van der Waals surface area contributed by atoms with Gasteiger partial charge in [0.25, 0.3) is 0 Å². The second kappa shape index (κ2) is 6.01. The van der Waals surface area contributed by atoms with Crippen molar-refractivity contribution in [3.63, 3.8) is 0 Å². The van der Waals surface area contributed by atoms with Gasteiger partial charge in [-0.25, -0.2) is 4.98 Å². The summed E-state index contributed by atoms with van der Waals surface area (Å²) in [7, 11) is 1.88. The maximum absolute atomic E-state index is 5.75. The maximum Gasteiger partial charge on any atom is 0.237 e. The summed E-state index contributed by atoms with van der Waals surface area (Å²) in [5.74, 6) is 1.30. The van der Waals surface area contributed by atoms with Crippen LogP contribution < -0.4 is 10.1 Å². The van der Waals surface area contributed by atoms with Crippen molar-refractivity contribution in [2.45, 2.75) is 32.7 Å². The third kappa shape index (κ3) is 3.78. The topological polar surface area (TPSA) is 47.0 Å². The van der Waals surface area contributed by atoms with Crippen LogP contribution in [0.3, 0.4) is 0 Å². The number of rotatable bonds is 4. The molecule has 0 aliphatic rings. The van der Waals surface area contributed by atoms with Crippen molar-refractivity contribution in [3.8, 4) is 11.6 Å². The second-order valence-corrected chi connectivity index (χ2v) is 5.76. The zero-order valence-corrected chi connectivity index (χ0v) is 12.5. The Morgan fingerprint density at radius 3 is 2.55 bits per heavy atom. The van der Waals surface area contributed by atoms with Gasteiger partial charge in [0.15, 0.2) is 0 Å². The lowest BCUT2D eigenvalue weighted by Gasteiger charge is -2.19. The lowest BCUT2D eigenvalue weighted by molar-refractivity contribution is 0.456. The predicted molar refractivity (Wildman–Crippen MR) is 80.0 cm³/mol. The number of benzene rings is 1. The van der Waals surface area contributed by atoms with Gasteiger partial charge in [-0.15, -0.1) is 0 Å². The van der Waals surface area contributed by atoms with E-state index in [1.54, 1.807) is 12.4 Å². The largest absolute Gasteiger partial charge is 0.437 e. The van der Waals surface area contributed by atoms with Crippen LogP contribution in [0.1, 0.15) is 32.0 Å². The first kappa shape index (κ1) is 14.5. The highest BCUT2D eigenvalue weighted by Gasteiger charge is 2.14. The summed E-state index contributed by atoms with van der Waals surface area (Å²) < 4.78 is 5.75. The summed E-state index contributed by atoms with van der Waals surface area (Å²) in [6.07, 6.45) is 3.37. The molecule has 0 amide bonds. The molecule has 0 aliphatic heterocycles. The van der Waals surface area contributed by atoms with Crippen LogP contribution >= 0.6 is 0 Å². The molecule has 4 heteroatoms. The van der Waals surface area contributed by atoms with Crippen LogP contribution in [-0.2, 0) is 12.0 Å². The van der Waals surface area contributed by atoms with Crippen molar-refractivity contribution >= 4 is 0 Å². The molecule has 2 aromatic rings. The average molecular weight is 271 g/mol. The Morgan fingerprint density at radius 1 is 1.15 bits per heavy atom. The normalized spacial score (nSPS) is 11.4. The Bertz CT molecular complexity index is 559. The van der Waals surface area contributed by atoms with E-state index in [0.717, 1.165) is 11.4 Å². The van der Waals surface area contributed by atoms with E-state index in [0.29, 0.717) is 12.4 Å².